The predicted octanol–water partition coefficient (Wildman–Crippen LogP) is 3.00. The second-order valence-electron chi connectivity index (χ2n) is 4.04. The molecule has 2 rings (SSSR count). The van der Waals surface area contributed by atoms with Crippen LogP contribution in [0, 0.1) is 0 Å². The van der Waals surface area contributed by atoms with Gasteiger partial charge in [0.25, 0.3) is 0 Å². The van der Waals surface area contributed by atoms with Crippen molar-refractivity contribution in [2.24, 2.45) is 5.73 Å². The number of allylic oxidation sites excluding steroid dienone is 2. The molecule has 16 heavy (non-hydrogen) atoms. The summed E-state index contributed by atoms with van der Waals surface area (Å²) >= 11 is 0. The molecule has 0 fully saturated rings. The maximum absolute atomic E-state index is 10.9. The fraction of sp³-hybridized carbons (Fsp3) is 0.308. The molecule has 1 aliphatic carbocycles. The molecular formula is C13H16N2O. The first kappa shape index (κ1) is 10.7. The molecule has 0 saturated carbocycles. The van der Waals surface area contributed by atoms with Gasteiger partial charge in [-0.1, -0.05) is 30.4 Å². The first-order valence-electron chi connectivity index (χ1n) is 5.59. The monoisotopic (exact) mass is 216 g/mol. The number of nitrogens with one attached hydrogen (secondary N) is 1. The Balaban J connectivity index is 2.27. The van der Waals surface area contributed by atoms with Crippen LogP contribution in [0.15, 0.2) is 36.4 Å². The third-order valence-electron chi connectivity index (χ3n) is 2.87. The Morgan fingerprint density at radius 3 is 2.88 bits per heavy atom. The fourth-order valence-corrected chi connectivity index (χ4v) is 2.14. The van der Waals surface area contributed by atoms with Crippen molar-refractivity contribution in [3.05, 3.63) is 42.0 Å². The number of amides is 2. The largest absolute Gasteiger partial charge is 0.351 e. The minimum Gasteiger partial charge on any atom is -0.351 e. The molecule has 0 saturated heterocycles. The Labute approximate surface area is 95.3 Å². The van der Waals surface area contributed by atoms with E-state index < -0.39 is 6.03 Å². The molecule has 0 spiro atoms. The second kappa shape index (κ2) is 4.84. The van der Waals surface area contributed by atoms with E-state index in [1.165, 1.54) is 6.42 Å². The van der Waals surface area contributed by atoms with Crippen molar-refractivity contribution in [3.63, 3.8) is 0 Å². The third-order valence-corrected chi connectivity index (χ3v) is 2.87. The maximum Gasteiger partial charge on any atom is 0.316 e. The summed E-state index contributed by atoms with van der Waals surface area (Å²) in [6, 6.07) is 7.33. The molecule has 3 N–H and O–H groups in total. The van der Waals surface area contributed by atoms with Gasteiger partial charge in [0, 0.05) is 11.6 Å². The molecule has 0 aromatic heterocycles. The summed E-state index contributed by atoms with van der Waals surface area (Å²) in [7, 11) is 0. The van der Waals surface area contributed by atoms with E-state index in [2.05, 4.69) is 17.5 Å². The number of benzene rings is 1. The average molecular weight is 216 g/mol. The molecule has 0 heterocycles. The summed E-state index contributed by atoms with van der Waals surface area (Å²) < 4.78 is 0. The van der Waals surface area contributed by atoms with Gasteiger partial charge in [-0.25, -0.2) is 4.79 Å². The molecule has 1 unspecified atom stereocenters. The minimum atomic E-state index is -0.507. The molecule has 1 atom stereocenters. The Bertz CT molecular complexity index is 412. The molecule has 1 aromatic rings. The van der Waals surface area contributed by atoms with Crippen molar-refractivity contribution < 1.29 is 4.79 Å². The van der Waals surface area contributed by atoms with Crippen molar-refractivity contribution >= 4 is 11.7 Å². The fourth-order valence-electron chi connectivity index (χ4n) is 2.14. The molecule has 0 bridgehead atoms. The topological polar surface area (TPSA) is 55.1 Å². The normalized spacial score (nSPS) is 19.4. The van der Waals surface area contributed by atoms with Crippen LogP contribution >= 0.6 is 0 Å². The van der Waals surface area contributed by atoms with Gasteiger partial charge in [0.2, 0.25) is 0 Å². The molecule has 0 radical (unpaired) electrons. The average Bonchev–Trinajstić information content (AvgIpc) is 2.30. The highest BCUT2D eigenvalue weighted by Crippen LogP contribution is 2.32. The van der Waals surface area contributed by atoms with Crippen molar-refractivity contribution in [3.8, 4) is 0 Å². The van der Waals surface area contributed by atoms with Crippen LogP contribution in [0.25, 0.3) is 0 Å². The molecule has 1 aliphatic rings. The second-order valence-corrected chi connectivity index (χ2v) is 4.04. The number of primary amides is 1. The summed E-state index contributed by atoms with van der Waals surface area (Å²) in [5.41, 5.74) is 7.13. The van der Waals surface area contributed by atoms with Crippen LogP contribution in [0.3, 0.4) is 0 Å². The molecule has 84 valence electrons. The van der Waals surface area contributed by atoms with E-state index in [1.807, 2.05) is 24.3 Å². The Hall–Kier alpha value is -1.77. The van der Waals surface area contributed by atoms with Gasteiger partial charge >= 0.3 is 6.03 Å². The zero-order chi connectivity index (χ0) is 11.4. The van der Waals surface area contributed by atoms with E-state index in [0.717, 1.165) is 24.1 Å². The zero-order valence-corrected chi connectivity index (χ0v) is 9.15. The molecule has 3 heteroatoms. The zero-order valence-electron chi connectivity index (χ0n) is 9.15. The summed E-state index contributed by atoms with van der Waals surface area (Å²) in [6.45, 7) is 0. The maximum atomic E-state index is 10.9. The third kappa shape index (κ3) is 2.42. The van der Waals surface area contributed by atoms with E-state index in [1.54, 1.807) is 0 Å². The van der Waals surface area contributed by atoms with Crippen molar-refractivity contribution in [1.82, 2.24) is 0 Å². The van der Waals surface area contributed by atoms with E-state index in [9.17, 15) is 4.79 Å². The van der Waals surface area contributed by atoms with Gasteiger partial charge < -0.3 is 11.1 Å². The molecule has 3 nitrogen and oxygen atoms in total. The van der Waals surface area contributed by atoms with Crippen molar-refractivity contribution in [2.75, 3.05) is 5.32 Å². The number of urea groups is 1. The standard InChI is InChI=1S/C13H16N2O/c14-13(16)15-12-9-5-4-8-11(12)10-6-2-1-3-7-10/h2,4-6,8-10H,1,3,7H2,(H3,14,15,16). The number of anilines is 1. The van der Waals surface area contributed by atoms with Crippen LogP contribution in [0.4, 0.5) is 10.5 Å². The highest BCUT2D eigenvalue weighted by molar-refractivity contribution is 5.88. The number of rotatable bonds is 2. The lowest BCUT2D eigenvalue weighted by Crippen LogP contribution is -2.20. The molecular weight excluding hydrogens is 200 g/mol. The van der Waals surface area contributed by atoms with Crippen LogP contribution in [0.1, 0.15) is 30.7 Å². The van der Waals surface area contributed by atoms with Gasteiger partial charge in [-0.15, -0.1) is 0 Å². The Morgan fingerprint density at radius 2 is 2.19 bits per heavy atom. The smallest absolute Gasteiger partial charge is 0.316 e. The summed E-state index contributed by atoms with van der Waals surface area (Å²) in [4.78, 5) is 10.9. The first-order valence-corrected chi connectivity index (χ1v) is 5.59. The van der Waals surface area contributed by atoms with Crippen LogP contribution in [0.2, 0.25) is 0 Å². The van der Waals surface area contributed by atoms with E-state index >= 15 is 0 Å². The Morgan fingerprint density at radius 1 is 1.38 bits per heavy atom. The van der Waals surface area contributed by atoms with Gasteiger partial charge in [0.1, 0.15) is 0 Å². The Kier molecular flexibility index (Phi) is 3.25. The molecule has 2 amide bonds. The van der Waals surface area contributed by atoms with E-state index in [-0.39, 0.29) is 0 Å². The quantitative estimate of drug-likeness (QED) is 0.733. The minimum absolute atomic E-state index is 0.400. The van der Waals surface area contributed by atoms with Gasteiger partial charge in [0.15, 0.2) is 0 Å². The van der Waals surface area contributed by atoms with Crippen LogP contribution in [-0.4, -0.2) is 6.03 Å². The lowest BCUT2D eigenvalue weighted by molar-refractivity contribution is 0.259. The number of para-hydroxylation sites is 1. The number of hydrogen-bond acceptors (Lipinski definition) is 1. The van der Waals surface area contributed by atoms with Crippen LogP contribution in [-0.2, 0) is 0 Å². The van der Waals surface area contributed by atoms with E-state index in [4.69, 9.17) is 5.73 Å². The van der Waals surface area contributed by atoms with Crippen LogP contribution < -0.4 is 11.1 Å². The number of nitrogens with two attached hydrogens (primary N) is 1. The lowest BCUT2D eigenvalue weighted by atomic mass is 9.88. The van der Waals surface area contributed by atoms with Gasteiger partial charge in [-0.05, 0) is 30.9 Å². The van der Waals surface area contributed by atoms with Crippen LogP contribution in [0.5, 0.6) is 0 Å². The highest BCUT2D eigenvalue weighted by Gasteiger charge is 2.14. The highest BCUT2D eigenvalue weighted by atomic mass is 16.2. The number of carbonyl (C=O) groups is 1. The number of hydrogen-bond donors (Lipinski definition) is 2. The van der Waals surface area contributed by atoms with Crippen molar-refractivity contribution in [1.29, 1.82) is 0 Å². The summed E-state index contributed by atoms with van der Waals surface area (Å²) in [5.74, 6) is 0.400. The van der Waals surface area contributed by atoms with E-state index in [0.29, 0.717) is 5.92 Å². The molecule has 1 aromatic carbocycles. The van der Waals surface area contributed by atoms with Gasteiger partial charge in [-0.2, -0.15) is 0 Å². The molecule has 0 aliphatic heterocycles. The summed E-state index contributed by atoms with van der Waals surface area (Å²) in [6.07, 6.45) is 7.90. The number of carbonyl (C=O) groups excluding carboxylic acids is 1. The predicted molar refractivity (Wildman–Crippen MR) is 65.4 cm³/mol. The summed E-state index contributed by atoms with van der Waals surface area (Å²) in [5, 5.41) is 2.68. The van der Waals surface area contributed by atoms with Crippen molar-refractivity contribution in [2.45, 2.75) is 25.2 Å². The first-order chi connectivity index (χ1) is 7.77. The lowest BCUT2D eigenvalue weighted by Gasteiger charge is -2.19. The van der Waals surface area contributed by atoms with Gasteiger partial charge in [-0.3, -0.25) is 0 Å². The SMILES string of the molecule is NC(=O)Nc1ccccc1C1C=CCCC1. The van der Waals surface area contributed by atoms with Gasteiger partial charge in [0.05, 0.1) is 0 Å².